The molecule has 0 bridgehead atoms. The maximum atomic E-state index is 12.6. The van der Waals surface area contributed by atoms with Crippen molar-refractivity contribution in [1.82, 2.24) is 9.88 Å². The van der Waals surface area contributed by atoms with Crippen LogP contribution in [-0.4, -0.2) is 41.6 Å². The van der Waals surface area contributed by atoms with Gasteiger partial charge in [0.25, 0.3) is 0 Å². The Morgan fingerprint density at radius 3 is 2.48 bits per heavy atom. The van der Waals surface area contributed by atoms with Gasteiger partial charge in [-0.05, 0) is 58.0 Å². The first-order chi connectivity index (χ1) is 11.1. The maximum absolute atomic E-state index is 12.6. The molecule has 0 aromatic carbocycles. The van der Waals surface area contributed by atoms with Gasteiger partial charge in [-0.1, -0.05) is 18.9 Å². The lowest BCUT2D eigenvalue weighted by atomic mass is 9.91. The van der Waals surface area contributed by atoms with Crippen molar-refractivity contribution >= 4 is 11.6 Å². The van der Waals surface area contributed by atoms with Crippen LogP contribution < -0.4 is 0 Å². The van der Waals surface area contributed by atoms with E-state index in [1.54, 1.807) is 6.07 Å². The van der Waals surface area contributed by atoms with Crippen LogP contribution >= 0.6 is 0 Å². The minimum Gasteiger partial charge on any atom is -0.306 e. The van der Waals surface area contributed by atoms with Crippen molar-refractivity contribution in [3.05, 3.63) is 29.6 Å². The monoisotopic (exact) mass is 314 g/mol. The molecule has 23 heavy (non-hydrogen) atoms. The zero-order valence-corrected chi connectivity index (χ0v) is 14.0. The molecular formula is C19H26N2O2. The van der Waals surface area contributed by atoms with E-state index in [-0.39, 0.29) is 17.6 Å². The molecular weight excluding hydrogens is 288 g/mol. The summed E-state index contributed by atoms with van der Waals surface area (Å²) in [5.74, 6) is 0.733. The molecule has 124 valence electrons. The summed E-state index contributed by atoms with van der Waals surface area (Å²) in [4.78, 5) is 31.7. The Morgan fingerprint density at radius 1 is 1.09 bits per heavy atom. The lowest BCUT2D eigenvalue weighted by Gasteiger charge is -2.27. The lowest BCUT2D eigenvalue weighted by molar-refractivity contribution is -0.122. The largest absolute Gasteiger partial charge is 0.306 e. The Bertz CT molecular complexity index is 570. The second kappa shape index (κ2) is 7.35. The molecule has 2 heterocycles. The Kier molecular flexibility index (Phi) is 5.21. The van der Waals surface area contributed by atoms with Gasteiger partial charge in [-0.2, -0.15) is 0 Å². The van der Waals surface area contributed by atoms with E-state index in [2.05, 4.69) is 16.9 Å². The van der Waals surface area contributed by atoms with E-state index in [4.69, 9.17) is 0 Å². The van der Waals surface area contributed by atoms with Gasteiger partial charge in [0.15, 0.2) is 5.78 Å². The van der Waals surface area contributed by atoms with Crippen LogP contribution in [0.25, 0.3) is 0 Å². The molecule has 4 nitrogen and oxygen atoms in total. The number of likely N-dealkylation sites (tertiary alicyclic amines) is 1. The second-order valence-electron chi connectivity index (χ2n) is 7.08. The SMILES string of the molecule is CN1CCC(C(=O)c2cccc(CC(=O)C3CCCC3)n2)CC1. The lowest BCUT2D eigenvalue weighted by Crippen LogP contribution is -2.33. The molecule has 2 fully saturated rings. The molecule has 0 unspecified atom stereocenters. The molecule has 3 rings (SSSR count). The van der Waals surface area contributed by atoms with Gasteiger partial charge in [0, 0.05) is 24.0 Å². The standard InChI is InChI=1S/C19H26N2O2/c1-21-11-9-15(10-12-21)19(23)17-8-4-7-16(20-17)13-18(22)14-5-2-3-6-14/h4,7-8,14-15H,2-3,5-6,9-13H2,1H3. The molecule has 1 aromatic heterocycles. The Balaban J connectivity index is 1.64. The van der Waals surface area contributed by atoms with E-state index in [1.165, 1.54) is 12.8 Å². The smallest absolute Gasteiger partial charge is 0.184 e. The van der Waals surface area contributed by atoms with E-state index in [9.17, 15) is 9.59 Å². The summed E-state index contributed by atoms with van der Waals surface area (Å²) in [6, 6.07) is 5.54. The Hall–Kier alpha value is -1.55. The highest BCUT2D eigenvalue weighted by molar-refractivity contribution is 5.96. The number of carbonyl (C=O) groups is 2. The van der Waals surface area contributed by atoms with E-state index < -0.39 is 0 Å². The van der Waals surface area contributed by atoms with Gasteiger partial charge in [0.2, 0.25) is 0 Å². The van der Waals surface area contributed by atoms with Crippen molar-refractivity contribution in [3.8, 4) is 0 Å². The van der Waals surface area contributed by atoms with Crippen molar-refractivity contribution in [2.75, 3.05) is 20.1 Å². The number of ketones is 2. The molecule has 1 aliphatic heterocycles. The van der Waals surface area contributed by atoms with Crippen molar-refractivity contribution in [3.63, 3.8) is 0 Å². The van der Waals surface area contributed by atoms with Crippen LogP contribution in [0.15, 0.2) is 18.2 Å². The normalized spacial score (nSPS) is 20.7. The summed E-state index contributed by atoms with van der Waals surface area (Å²) >= 11 is 0. The van der Waals surface area contributed by atoms with Gasteiger partial charge in [-0.15, -0.1) is 0 Å². The average molecular weight is 314 g/mol. The first-order valence-corrected chi connectivity index (χ1v) is 8.85. The van der Waals surface area contributed by atoms with Crippen LogP contribution in [-0.2, 0) is 11.2 Å². The minimum absolute atomic E-state index is 0.0829. The average Bonchev–Trinajstić information content (AvgIpc) is 3.10. The van der Waals surface area contributed by atoms with Gasteiger partial charge in [-0.3, -0.25) is 9.59 Å². The third-order valence-corrected chi connectivity index (χ3v) is 5.31. The summed E-state index contributed by atoms with van der Waals surface area (Å²) < 4.78 is 0. The zero-order chi connectivity index (χ0) is 16.2. The topological polar surface area (TPSA) is 50.3 Å². The number of hydrogen-bond acceptors (Lipinski definition) is 4. The number of rotatable bonds is 5. The first kappa shape index (κ1) is 16.3. The fourth-order valence-corrected chi connectivity index (χ4v) is 3.77. The quantitative estimate of drug-likeness (QED) is 0.784. The summed E-state index contributed by atoms with van der Waals surface area (Å²) in [6.45, 7) is 1.94. The number of carbonyl (C=O) groups excluding carboxylic acids is 2. The van der Waals surface area contributed by atoms with Crippen LogP contribution in [0.1, 0.15) is 54.7 Å². The third kappa shape index (κ3) is 4.05. The van der Waals surface area contributed by atoms with Crippen molar-refractivity contribution < 1.29 is 9.59 Å². The van der Waals surface area contributed by atoms with E-state index in [1.807, 2.05) is 12.1 Å². The summed E-state index contributed by atoms with van der Waals surface area (Å²) in [6.07, 6.45) is 6.56. The predicted octanol–water partition coefficient (Wildman–Crippen LogP) is 2.91. The fourth-order valence-electron chi connectivity index (χ4n) is 3.77. The number of piperidine rings is 1. The highest BCUT2D eigenvalue weighted by Crippen LogP contribution is 2.26. The molecule has 0 atom stereocenters. The van der Waals surface area contributed by atoms with Crippen LogP contribution in [0.5, 0.6) is 0 Å². The predicted molar refractivity (Wildman–Crippen MR) is 89.5 cm³/mol. The number of hydrogen-bond donors (Lipinski definition) is 0. The van der Waals surface area contributed by atoms with E-state index in [0.717, 1.165) is 44.5 Å². The van der Waals surface area contributed by atoms with Gasteiger partial charge in [-0.25, -0.2) is 4.98 Å². The highest BCUT2D eigenvalue weighted by Gasteiger charge is 2.26. The van der Waals surface area contributed by atoms with Crippen LogP contribution in [0.2, 0.25) is 0 Å². The number of aromatic nitrogens is 1. The Morgan fingerprint density at radius 2 is 1.78 bits per heavy atom. The van der Waals surface area contributed by atoms with E-state index in [0.29, 0.717) is 17.9 Å². The summed E-state index contributed by atoms with van der Waals surface area (Å²) in [5, 5.41) is 0. The van der Waals surface area contributed by atoms with Crippen LogP contribution in [0.4, 0.5) is 0 Å². The van der Waals surface area contributed by atoms with E-state index >= 15 is 0 Å². The molecule has 0 spiro atoms. The van der Waals surface area contributed by atoms with Crippen LogP contribution in [0, 0.1) is 11.8 Å². The molecule has 1 aliphatic carbocycles. The van der Waals surface area contributed by atoms with Crippen LogP contribution in [0.3, 0.4) is 0 Å². The molecule has 4 heteroatoms. The number of Topliss-reactive ketones (excluding diaryl/α,β-unsaturated/α-hetero) is 2. The van der Waals surface area contributed by atoms with Gasteiger partial charge in [0.1, 0.15) is 11.5 Å². The molecule has 1 saturated carbocycles. The molecule has 1 aromatic rings. The minimum atomic E-state index is 0.0829. The second-order valence-corrected chi connectivity index (χ2v) is 7.08. The summed E-state index contributed by atoms with van der Waals surface area (Å²) in [5.41, 5.74) is 1.29. The molecule has 0 amide bonds. The zero-order valence-electron chi connectivity index (χ0n) is 14.0. The molecule has 2 aliphatic rings. The fraction of sp³-hybridized carbons (Fsp3) is 0.632. The number of nitrogens with zero attached hydrogens (tertiary/aromatic N) is 2. The maximum Gasteiger partial charge on any atom is 0.184 e. The molecule has 1 saturated heterocycles. The van der Waals surface area contributed by atoms with Crippen molar-refractivity contribution in [2.45, 2.75) is 44.9 Å². The summed E-state index contributed by atoms with van der Waals surface area (Å²) in [7, 11) is 2.09. The van der Waals surface area contributed by atoms with Crippen molar-refractivity contribution in [2.24, 2.45) is 11.8 Å². The Labute approximate surface area is 138 Å². The molecule has 0 N–H and O–H groups in total. The number of pyridine rings is 1. The first-order valence-electron chi connectivity index (χ1n) is 8.85. The highest BCUT2D eigenvalue weighted by atomic mass is 16.1. The molecule has 0 radical (unpaired) electrons. The van der Waals surface area contributed by atoms with Gasteiger partial charge < -0.3 is 4.90 Å². The van der Waals surface area contributed by atoms with Gasteiger partial charge >= 0.3 is 0 Å². The third-order valence-electron chi connectivity index (χ3n) is 5.31. The van der Waals surface area contributed by atoms with Gasteiger partial charge in [0.05, 0.1) is 0 Å². The van der Waals surface area contributed by atoms with Crippen molar-refractivity contribution in [1.29, 1.82) is 0 Å².